The van der Waals surface area contributed by atoms with Crippen LogP contribution >= 0.6 is 0 Å². The maximum atomic E-state index is 12.3. The van der Waals surface area contributed by atoms with Crippen molar-refractivity contribution in [1.29, 1.82) is 0 Å². The molecule has 1 aliphatic heterocycles. The Balaban J connectivity index is 1.58. The van der Waals surface area contributed by atoms with Crippen LogP contribution in [0.1, 0.15) is 48.9 Å². The number of rotatable bonds is 3. The summed E-state index contributed by atoms with van der Waals surface area (Å²) in [6, 6.07) is 3.81. The van der Waals surface area contributed by atoms with E-state index < -0.39 is 0 Å². The first-order chi connectivity index (χ1) is 10.6. The van der Waals surface area contributed by atoms with Crippen LogP contribution in [0.2, 0.25) is 0 Å². The van der Waals surface area contributed by atoms with E-state index in [0.717, 1.165) is 25.1 Å². The number of hydrogen-bond acceptors (Lipinski definition) is 4. The van der Waals surface area contributed by atoms with Crippen LogP contribution in [0, 0.1) is 0 Å². The van der Waals surface area contributed by atoms with Crippen LogP contribution in [-0.2, 0) is 4.74 Å². The van der Waals surface area contributed by atoms with Crippen LogP contribution in [0.3, 0.4) is 0 Å². The maximum Gasteiger partial charge on any atom is 0.253 e. The average Bonchev–Trinajstić information content (AvgIpc) is 2.90. The largest absolute Gasteiger partial charge is 0.373 e. The number of nitrogens with one attached hydrogen (secondary N) is 1. The van der Waals surface area contributed by atoms with Crippen molar-refractivity contribution in [3.8, 4) is 0 Å². The summed E-state index contributed by atoms with van der Waals surface area (Å²) >= 11 is 0. The second kappa shape index (κ2) is 6.24. The predicted molar refractivity (Wildman–Crippen MR) is 86.2 cm³/mol. The highest BCUT2D eigenvalue weighted by Gasteiger charge is 2.41. The smallest absolute Gasteiger partial charge is 0.253 e. The maximum absolute atomic E-state index is 12.3. The summed E-state index contributed by atoms with van der Waals surface area (Å²) in [4.78, 5) is 18.5. The number of carbonyl (C=O) groups excluding carboxylic acids is 1. The lowest BCUT2D eigenvalue weighted by Gasteiger charge is -2.32. The molecule has 0 radical (unpaired) electrons. The van der Waals surface area contributed by atoms with Crippen molar-refractivity contribution in [3.63, 3.8) is 0 Å². The van der Waals surface area contributed by atoms with Crippen LogP contribution in [0.25, 0.3) is 0 Å². The van der Waals surface area contributed by atoms with E-state index in [9.17, 15) is 4.79 Å². The SMILES string of the molecule is CN(C)c1ccc(C(=O)NC2COC3(CCCCC3)C2)cn1. The Morgan fingerprint density at radius 2 is 2.09 bits per heavy atom. The third-order valence-corrected chi connectivity index (χ3v) is 4.78. The first-order valence-electron chi connectivity index (χ1n) is 8.16. The molecule has 2 fully saturated rings. The standard InChI is InChI=1S/C17H25N3O2/c1-20(2)15-7-6-13(11-18-15)16(21)19-14-10-17(22-12-14)8-4-3-5-9-17/h6-7,11,14H,3-5,8-10,12H2,1-2H3,(H,19,21). The van der Waals surface area contributed by atoms with Gasteiger partial charge in [-0.05, 0) is 31.4 Å². The van der Waals surface area contributed by atoms with Gasteiger partial charge in [0.25, 0.3) is 5.91 Å². The molecule has 22 heavy (non-hydrogen) atoms. The molecule has 3 rings (SSSR count). The van der Waals surface area contributed by atoms with Crippen LogP contribution in [0.4, 0.5) is 5.82 Å². The number of anilines is 1. The number of aromatic nitrogens is 1. The summed E-state index contributed by atoms with van der Waals surface area (Å²) in [5.74, 6) is 0.793. The van der Waals surface area contributed by atoms with Crippen molar-refractivity contribution in [2.75, 3.05) is 25.6 Å². The van der Waals surface area contributed by atoms with Crippen molar-refractivity contribution in [1.82, 2.24) is 10.3 Å². The van der Waals surface area contributed by atoms with Crippen molar-refractivity contribution in [2.24, 2.45) is 0 Å². The van der Waals surface area contributed by atoms with Crippen molar-refractivity contribution in [2.45, 2.75) is 50.2 Å². The summed E-state index contributed by atoms with van der Waals surface area (Å²) in [6.45, 7) is 0.634. The number of amides is 1. The lowest BCUT2D eigenvalue weighted by Crippen LogP contribution is -2.37. The molecule has 1 atom stereocenters. The molecule has 1 saturated heterocycles. The molecule has 5 nitrogen and oxygen atoms in total. The van der Waals surface area contributed by atoms with Gasteiger partial charge in [0.1, 0.15) is 5.82 Å². The fourth-order valence-electron chi connectivity index (χ4n) is 3.54. The highest BCUT2D eigenvalue weighted by molar-refractivity contribution is 5.94. The molecular weight excluding hydrogens is 278 g/mol. The zero-order valence-corrected chi connectivity index (χ0v) is 13.5. The van der Waals surface area contributed by atoms with E-state index in [4.69, 9.17) is 4.74 Å². The van der Waals surface area contributed by atoms with Gasteiger partial charge in [0.15, 0.2) is 0 Å². The fraction of sp³-hybridized carbons (Fsp3) is 0.647. The second-order valence-electron chi connectivity index (χ2n) is 6.73. The molecule has 0 aromatic carbocycles. The summed E-state index contributed by atoms with van der Waals surface area (Å²) < 4.78 is 6.04. The van der Waals surface area contributed by atoms with E-state index in [1.807, 2.05) is 31.1 Å². The number of hydrogen-bond donors (Lipinski definition) is 1. The molecule has 1 aromatic heterocycles. The Morgan fingerprint density at radius 3 is 2.73 bits per heavy atom. The van der Waals surface area contributed by atoms with E-state index in [1.54, 1.807) is 6.20 Å². The highest BCUT2D eigenvalue weighted by atomic mass is 16.5. The molecule has 1 unspecified atom stereocenters. The van der Waals surface area contributed by atoms with Crippen molar-refractivity contribution >= 4 is 11.7 Å². The van der Waals surface area contributed by atoms with Gasteiger partial charge < -0.3 is 15.0 Å². The molecular formula is C17H25N3O2. The third kappa shape index (κ3) is 3.24. The molecule has 2 heterocycles. The van der Waals surface area contributed by atoms with Crippen LogP contribution in [0.5, 0.6) is 0 Å². The molecule has 1 spiro atoms. The Hall–Kier alpha value is -1.62. The number of pyridine rings is 1. The number of nitrogens with zero attached hydrogens (tertiary/aromatic N) is 2. The quantitative estimate of drug-likeness (QED) is 0.931. The average molecular weight is 303 g/mol. The monoisotopic (exact) mass is 303 g/mol. The Morgan fingerprint density at radius 1 is 1.32 bits per heavy atom. The van der Waals surface area contributed by atoms with Gasteiger partial charge in [0, 0.05) is 20.3 Å². The summed E-state index contributed by atoms with van der Waals surface area (Å²) in [5.41, 5.74) is 0.638. The molecule has 0 bridgehead atoms. The van der Waals surface area contributed by atoms with E-state index in [0.29, 0.717) is 12.2 Å². The molecule has 1 aliphatic carbocycles. The topological polar surface area (TPSA) is 54.5 Å². The van der Waals surface area contributed by atoms with Gasteiger partial charge in [-0.3, -0.25) is 4.79 Å². The van der Waals surface area contributed by atoms with Crippen LogP contribution in [-0.4, -0.2) is 43.2 Å². The predicted octanol–water partition coefficient (Wildman–Crippen LogP) is 2.37. The first-order valence-corrected chi connectivity index (χ1v) is 8.16. The van der Waals surface area contributed by atoms with E-state index >= 15 is 0 Å². The minimum absolute atomic E-state index is 0.0310. The van der Waals surface area contributed by atoms with E-state index in [-0.39, 0.29) is 17.6 Å². The minimum atomic E-state index is -0.0562. The van der Waals surface area contributed by atoms with Crippen LogP contribution in [0.15, 0.2) is 18.3 Å². The number of carbonyl (C=O) groups is 1. The summed E-state index contributed by atoms with van der Waals surface area (Å²) in [7, 11) is 3.86. The van der Waals surface area contributed by atoms with Crippen molar-refractivity contribution < 1.29 is 9.53 Å². The van der Waals surface area contributed by atoms with E-state index in [2.05, 4.69) is 10.3 Å². The van der Waals surface area contributed by atoms with Crippen LogP contribution < -0.4 is 10.2 Å². The molecule has 1 N–H and O–H groups in total. The lowest BCUT2D eigenvalue weighted by molar-refractivity contribution is -0.0246. The van der Waals surface area contributed by atoms with Gasteiger partial charge in [-0.2, -0.15) is 0 Å². The number of ether oxygens (including phenoxy) is 1. The Bertz CT molecular complexity index is 521. The minimum Gasteiger partial charge on any atom is -0.373 e. The molecule has 5 heteroatoms. The third-order valence-electron chi connectivity index (χ3n) is 4.78. The molecule has 120 valence electrons. The molecule has 1 saturated carbocycles. The second-order valence-corrected chi connectivity index (χ2v) is 6.73. The normalized spacial score (nSPS) is 23.5. The van der Waals surface area contributed by atoms with Gasteiger partial charge in [-0.15, -0.1) is 0 Å². The molecule has 1 aromatic rings. The highest BCUT2D eigenvalue weighted by Crippen LogP contribution is 2.39. The summed E-state index contributed by atoms with van der Waals surface area (Å²) in [5, 5.41) is 3.10. The van der Waals surface area contributed by atoms with Gasteiger partial charge in [-0.25, -0.2) is 4.98 Å². The summed E-state index contributed by atoms with van der Waals surface area (Å²) in [6.07, 6.45) is 8.66. The Labute approximate surface area is 132 Å². The van der Waals surface area contributed by atoms with E-state index in [1.165, 1.54) is 19.3 Å². The van der Waals surface area contributed by atoms with Gasteiger partial charge in [-0.1, -0.05) is 19.3 Å². The van der Waals surface area contributed by atoms with Crippen molar-refractivity contribution in [3.05, 3.63) is 23.9 Å². The molecule has 1 amide bonds. The fourth-order valence-corrected chi connectivity index (χ4v) is 3.54. The Kier molecular flexibility index (Phi) is 4.34. The first kappa shape index (κ1) is 15.3. The van der Waals surface area contributed by atoms with Gasteiger partial charge in [0.05, 0.1) is 23.8 Å². The van der Waals surface area contributed by atoms with Gasteiger partial charge in [0.2, 0.25) is 0 Å². The zero-order chi connectivity index (χ0) is 15.6. The lowest BCUT2D eigenvalue weighted by atomic mass is 9.82. The van der Waals surface area contributed by atoms with Gasteiger partial charge >= 0.3 is 0 Å². The molecule has 2 aliphatic rings. The zero-order valence-electron chi connectivity index (χ0n) is 13.5.